The Balaban J connectivity index is 2.65. The zero-order chi connectivity index (χ0) is 10.4. The van der Waals surface area contributed by atoms with Gasteiger partial charge in [0.1, 0.15) is 5.75 Å². The van der Waals surface area contributed by atoms with Gasteiger partial charge in [-0.3, -0.25) is 4.98 Å². The summed E-state index contributed by atoms with van der Waals surface area (Å²) in [5.74, 6) is 0.930. The molecule has 0 aliphatic carbocycles. The van der Waals surface area contributed by atoms with Crippen LogP contribution in [-0.2, 0) is 6.42 Å². The molecule has 0 atom stereocenters. The molecule has 0 saturated heterocycles. The van der Waals surface area contributed by atoms with Crippen LogP contribution in [0.15, 0.2) is 12.1 Å². The summed E-state index contributed by atoms with van der Waals surface area (Å²) in [6.07, 6.45) is 1.95. The van der Waals surface area contributed by atoms with Gasteiger partial charge < -0.3 is 4.74 Å². The second-order valence-corrected chi connectivity index (χ2v) is 3.94. The van der Waals surface area contributed by atoms with Crippen LogP contribution in [0.3, 0.4) is 0 Å². The molecule has 0 aliphatic heterocycles. The summed E-state index contributed by atoms with van der Waals surface area (Å²) in [7, 11) is 0. The number of alkyl halides is 1. The van der Waals surface area contributed by atoms with E-state index in [1.54, 1.807) is 0 Å². The number of halogens is 1. The third kappa shape index (κ3) is 3.29. The Kier molecular flexibility index (Phi) is 4.94. The number of rotatable bonds is 5. The van der Waals surface area contributed by atoms with Crippen LogP contribution in [0.1, 0.15) is 24.7 Å². The van der Waals surface area contributed by atoms with E-state index in [4.69, 9.17) is 4.74 Å². The summed E-state index contributed by atoms with van der Waals surface area (Å²) in [5.41, 5.74) is 2.11. The molecule has 1 heterocycles. The Hall–Kier alpha value is -0.570. The fraction of sp³-hybridized carbons (Fsp3) is 0.545. The predicted octanol–water partition coefficient (Wildman–Crippen LogP) is 3.12. The molecule has 2 nitrogen and oxygen atoms in total. The fourth-order valence-corrected chi connectivity index (χ4v) is 1.45. The van der Waals surface area contributed by atoms with E-state index in [9.17, 15) is 0 Å². The maximum Gasteiger partial charge on any atom is 0.140 e. The topological polar surface area (TPSA) is 22.1 Å². The lowest BCUT2D eigenvalue weighted by Gasteiger charge is -2.09. The van der Waals surface area contributed by atoms with Crippen LogP contribution >= 0.6 is 15.9 Å². The Morgan fingerprint density at radius 3 is 2.86 bits per heavy atom. The van der Waals surface area contributed by atoms with Crippen molar-refractivity contribution in [3.05, 3.63) is 23.5 Å². The molecule has 1 rings (SSSR count). The monoisotopic (exact) mass is 257 g/mol. The van der Waals surface area contributed by atoms with Gasteiger partial charge in [-0.15, -0.1) is 0 Å². The first-order valence-electron chi connectivity index (χ1n) is 4.93. The quantitative estimate of drug-likeness (QED) is 0.598. The third-order valence-electron chi connectivity index (χ3n) is 1.94. The van der Waals surface area contributed by atoms with E-state index in [1.165, 1.54) is 0 Å². The molecule has 14 heavy (non-hydrogen) atoms. The van der Waals surface area contributed by atoms with Crippen LogP contribution < -0.4 is 4.74 Å². The highest BCUT2D eigenvalue weighted by atomic mass is 79.9. The molecule has 1 aromatic rings. The van der Waals surface area contributed by atoms with Gasteiger partial charge in [-0.1, -0.05) is 22.9 Å². The maximum absolute atomic E-state index is 5.63. The molecule has 0 spiro atoms. The van der Waals surface area contributed by atoms with Crippen LogP contribution in [0.25, 0.3) is 0 Å². The average molecular weight is 258 g/mol. The van der Waals surface area contributed by atoms with Gasteiger partial charge in [0.25, 0.3) is 0 Å². The Bertz CT molecular complexity index is 289. The molecule has 0 amide bonds. The molecule has 0 unspecified atom stereocenters. The lowest BCUT2D eigenvalue weighted by molar-refractivity contribution is 0.314. The molecule has 78 valence electrons. The van der Waals surface area contributed by atoms with Gasteiger partial charge in [0, 0.05) is 11.0 Å². The minimum Gasteiger partial charge on any atom is -0.492 e. The molecule has 0 bridgehead atoms. The van der Waals surface area contributed by atoms with Gasteiger partial charge in [0.2, 0.25) is 0 Å². The zero-order valence-corrected chi connectivity index (χ0v) is 10.3. The molecular formula is C11H16BrNO. The predicted molar refractivity (Wildman–Crippen MR) is 62.3 cm³/mol. The average Bonchev–Trinajstić information content (AvgIpc) is 2.20. The Morgan fingerprint density at radius 1 is 1.43 bits per heavy atom. The second-order valence-electron chi connectivity index (χ2n) is 3.14. The van der Waals surface area contributed by atoms with Crippen molar-refractivity contribution >= 4 is 15.9 Å². The molecule has 3 heteroatoms. The van der Waals surface area contributed by atoms with E-state index in [0.29, 0.717) is 0 Å². The Morgan fingerprint density at radius 2 is 2.21 bits per heavy atom. The Labute approximate surface area is 93.8 Å². The van der Waals surface area contributed by atoms with E-state index in [1.807, 2.05) is 19.1 Å². The van der Waals surface area contributed by atoms with Crippen LogP contribution in [0.5, 0.6) is 5.75 Å². The van der Waals surface area contributed by atoms with Crippen molar-refractivity contribution in [1.82, 2.24) is 4.98 Å². The number of pyridine rings is 1. The SMILES string of the molecule is CCc1nc(C)ccc1OCCCBr. The lowest BCUT2D eigenvalue weighted by atomic mass is 10.2. The largest absolute Gasteiger partial charge is 0.492 e. The van der Waals surface area contributed by atoms with Crippen molar-refractivity contribution in [3.63, 3.8) is 0 Å². The van der Waals surface area contributed by atoms with Crippen LogP contribution in [-0.4, -0.2) is 16.9 Å². The first kappa shape index (κ1) is 11.5. The highest BCUT2D eigenvalue weighted by Gasteiger charge is 2.02. The summed E-state index contributed by atoms with van der Waals surface area (Å²) in [6, 6.07) is 4.00. The number of aryl methyl sites for hydroxylation is 2. The van der Waals surface area contributed by atoms with E-state index in [2.05, 4.69) is 27.8 Å². The van der Waals surface area contributed by atoms with Gasteiger partial charge >= 0.3 is 0 Å². The standard InChI is InChI=1S/C11H16BrNO/c1-3-10-11(14-8-4-7-12)6-5-9(2)13-10/h5-6H,3-4,7-8H2,1-2H3. The smallest absolute Gasteiger partial charge is 0.140 e. The van der Waals surface area contributed by atoms with Crippen molar-refractivity contribution < 1.29 is 4.74 Å². The van der Waals surface area contributed by atoms with Crippen LogP contribution in [0, 0.1) is 6.92 Å². The molecule has 0 N–H and O–H groups in total. The molecule has 1 aromatic heterocycles. The van der Waals surface area contributed by atoms with Crippen LogP contribution in [0.2, 0.25) is 0 Å². The molecule has 0 saturated carbocycles. The van der Waals surface area contributed by atoms with Gasteiger partial charge in [0.15, 0.2) is 0 Å². The molecule has 0 aromatic carbocycles. The normalized spacial score (nSPS) is 10.2. The number of ether oxygens (including phenoxy) is 1. The number of nitrogens with zero attached hydrogens (tertiary/aromatic N) is 1. The molecular weight excluding hydrogens is 242 g/mol. The summed E-state index contributed by atoms with van der Waals surface area (Å²) in [4.78, 5) is 4.43. The lowest BCUT2D eigenvalue weighted by Crippen LogP contribution is -2.02. The van der Waals surface area contributed by atoms with E-state index >= 15 is 0 Å². The first-order valence-corrected chi connectivity index (χ1v) is 6.05. The van der Waals surface area contributed by atoms with Crippen molar-refractivity contribution in [3.8, 4) is 5.75 Å². The molecule has 0 radical (unpaired) electrons. The summed E-state index contributed by atoms with van der Waals surface area (Å²) < 4.78 is 5.63. The third-order valence-corrected chi connectivity index (χ3v) is 2.50. The number of hydrogen-bond acceptors (Lipinski definition) is 2. The van der Waals surface area contributed by atoms with E-state index in [-0.39, 0.29) is 0 Å². The van der Waals surface area contributed by atoms with E-state index < -0.39 is 0 Å². The molecule has 0 aliphatic rings. The van der Waals surface area contributed by atoms with Gasteiger partial charge in [-0.25, -0.2) is 0 Å². The highest BCUT2D eigenvalue weighted by Crippen LogP contribution is 2.17. The van der Waals surface area contributed by atoms with Crippen molar-refractivity contribution in [2.75, 3.05) is 11.9 Å². The van der Waals surface area contributed by atoms with Gasteiger partial charge in [0.05, 0.1) is 12.3 Å². The first-order chi connectivity index (χ1) is 6.77. The maximum atomic E-state index is 5.63. The van der Waals surface area contributed by atoms with Crippen molar-refractivity contribution in [2.45, 2.75) is 26.7 Å². The highest BCUT2D eigenvalue weighted by molar-refractivity contribution is 9.09. The van der Waals surface area contributed by atoms with Gasteiger partial charge in [-0.05, 0) is 31.9 Å². The fourth-order valence-electron chi connectivity index (χ4n) is 1.22. The summed E-state index contributed by atoms with van der Waals surface area (Å²) in [6.45, 7) is 4.85. The van der Waals surface area contributed by atoms with Crippen LogP contribution in [0.4, 0.5) is 0 Å². The number of hydrogen-bond donors (Lipinski definition) is 0. The van der Waals surface area contributed by atoms with Crippen molar-refractivity contribution in [2.24, 2.45) is 0 Å². The minimum atomic E-state index is 0.753. The molecule has 0 fully saturated rings. The summed E-state index contributed by atoms with van der Waals surface area (Å²) >= 11 is 3.37. The van der Waals surface area contributed by atoms with Gasteiger partial charge in [-0.2, -0.15) is 0 Å². The number of aromatic nitrogens is 1. The summed E-state index contributed by atoms with van der Waals surface area (Å²) in [5, 5.41) is 0.980. The zero-order valence-electron chi connectivity index (χ0n) is 8.72. The van der Waals surface area contributed by atoms with Crippen molar-refractivity contribution in [1.29, 1.82) is 0 Å². The second kappa shape index (κ2) is 6.02. The minimum absolute atomic E-state index is 0.753. The van der Waals surface area contributed by atoms with E-state index in [0.717, 1.165) is 41.9 Å².